The van der Waals surface area contributed by atoms with Crippen LogP contribution in [0.15, 0.2) is 24.3 Å². The van der Waals surface area contributed by atoms with Crippen LogP contribution in [0.3, 0.4) is 0 Å². The molecule has 0 spiro atoms. The van der Waals surface area contributed by atoms with Crippen molar-refractivity contribution in [3.63, 3.8) is 0 Å². The maximum absolute atomic E-state index is 12.0. The second-order valence-electron chi connectivity index (χ2n) is 5.76. The first-order valence-electron chi connectivity index (χ1n) is 7.25. The number of amides is 1. The Kier molecular flexibility index (Phi) is 5.07. The average molecular weight is 293 g/mol. The van der Waals surface area contributed by atoms with Gasteiger partial charge in [-0.05, 0) is 25.0 Å². The summed E-state index contributed by atoms with van der Waals surface area (Å²) in [7, 11) is 1.56. The van der Waals surface area contributed by atoms with Crippen molar-refractivity contribution < 1.29 is 19.4 Å². The van der Waals surface area contributed by atoms with Crippen molar-refractivity contribution in [1.82, 2.24) is 5.32 Å². The molecule has 0 aromatic heterocycles. The highest BCUT2D eigenvalue weighted by molar-refractivity contribution is 5.78. The number of ether oxygens (including phenoxy) is 2. The molecule has 0 bridgehead atoms. The molecule has 0 heterocycles. The van der Waals surface area contributed by atoms with Crippen molar-refractivity contribution in [2.24, 2.45) is 5.41 Å². The molecule has 1 saturated carbocycles. The second kappa shape index (κ2) is 6.80. The molecular weight excluding hydrogens is 270 g/mol. The minimum absolute atomic E-state index is 0.0104. The Morgan fingerprint density at radius 3 is 2.81 bits per heavy atom. The molecule has 0 unspecified atom stereocenters. The number of aliphatic hydroxyl groups excluding tert-OH is 1. The molecule has 1 amide bonds. The molecule has 2 atom stereocenters. The minimum Gasteiger partial charge on any atom is -0.493 e. The highest BCUT2D eigenvalue weighted by Crippen LogP contribution is 2.37. The molecule has 1 aliphatic carbocycles. The number of benzene rings is 1. The first-order chi connectivity index (χ1) is 10.1. The fraction of sp³-hybridized carbons (Fsp3) is 0.562. The number of hydrogen-bond donors (Lipinski definition) is 2. The van der Waals surface area contributed by atoms with Crippen LogP contribution in [0, 0.1) is 5.41 Å². The fourth-order valence-corrected chi connectivity index (χ4v) is 2.79. The molecular formula is C16H23NO4. The standard InChI is InChI=1S/C16H23NO4/c1-16(11-18)9-5-8-14(16)17-15(19)10-21-13-7-4-3-6-12(13)20-2/h3-4,6-7,14,18H,5,8-11H2,1-2H3,(H,17,19)/t14-,16-/m1/s1. The van der Waals surface area contributed by atoms with Crippen molar-refractivity contribution in [3.8, 4) is 11.5 Å². The number of carbonyl (C=O) groups is 1. The van der Waals surface area contributed by atoms with Crippen LogP contribution < -0.4 is 14.8 Å². The Morgan fingerprint density at radius 2 is 2.14 bits per heavy atom. The zero-order chi connectivity index (χ0) is 15.3. The van der Waals surface area contributed by atoms with E-state index in [1.165, 1.54) is 0 Å². The van der Waals surface area contributed by atoms with Crippen LogP contribution in [0.25, 0.3) is 0 Å². The normalized spacial score (nSPS) is 24.6. The summed E-state index contributed by atoms with van der Waals surface area (Å²) in [5.41, 5.74) is -0.222. The first-order valence-corrected chi connectivity index (χ1v) is 7.25. The predicted molar refractivity (Wildman–Crippen MR) is 79.5 cm³/mol. The molecule has 5 heteroatoms. The van der Waals surface area contributed by atoms with E-state index in [0.29, 0.717) is 11.5 Å². The van der Waals surface area contributed by atoms with E-state index in [1.54, 1.807) is 19.2 Å². The lowest BCUT2D eigenvalue weighted by Crippen LogP contribution is -2.46. The fourth-order valence-electron chi connectivity index (χ4n) is 2.79. The van der Waals surface area contributed by atoms with Gasteiger partial charge in [0.1, 0.15) is 0 Å². The molecule has 2 N–H and O–H groups in total. The van der Waals surface area contributed by atoms with Crippen molar-refractivity contribution in [2.75, 3.05) is 20.3 Å². The van der Waals surface area contributed by atoms with Gasteiger partial charge in [0.25, 0.3) is 5.91 Å². The van der Waals surface area contributed by atoms with Crippen LogP contribution in [-0.4, -0.2) is 37.4 Å². The van der Waals surface area contributed by atoms with Gasteiger partial charge in [-0.25, -0.2) is 0 Å². The van der Waals surface area contributed by atoms with Crippen LogP contribution in [0.4, 0.5) is 0 Å². The van der Waals surface area contributed by atoms with E-state index in [1.807, 2.05) is 19.1 Å². The van der Waals surface area contributed by atoms with Gasteiger partial charge in [-0.15, -0.1) is 0 Å². The number of aliphatic hydroxyl groups is 1. The summed E-state index contributed by atoms with van der Waals surface area (Å²) in [6, 6.07) is 7.23. The largest absolute Gasteiger partial charge is 0.493 e. The van der Waals surface area contributed by atoms with E-state index in [-0.39, 0.29) is 30.6 Å². The van der Waals surface area contributed by atoms with Gasteiger partial charge in [-0.1, -0.05) is 25.5 Å². The SMILES string of the molecule is COc1ccccc1OCC(=O)N[C@@H]1CCC[C@]1(C)CO. The summed E-state index contributed by atoms with van der Waals surface area (Å²) < 4.78 is 10.7. The van der Waals surface area contributed by atoms with Crippen molar-refractivity contribution in [3.05, 3.63) is 24.3 Å². The van der Waals surface area contributed by atoms with Gasteiger partial charge in [0.2, 0.25) is 0 Å². The summed E-state index contributed by atoms with van der Waals surface area (Å²) in [5.74, 6) is 0.977. The van der Waals surface area contributed by atoms with E-state index in [2.05, 4.69) is 5.32 Å². The third-order valence-electron chi connectivity index (χ3n) is 4.21. The molecule has 1 aromatic carbocycles. The lowest BCUT2D eigenvalue weighted by atomic mass is 9.86. The Morgan fingerprint density at radius 1 is 1.43 bits per heavy atom. The molecule has 116 valence electrons. The lowest BCUT2D eigenvalue weighted by molar-refractivity contribution is -0.124. The number of hydrogen-bond acceptors (Lipinski definition) is 4. The van der Waals surface area contributed by atoms with Gasteiger partial charge in [0, 0.05) is 11.5 Å². The van der Waals surface area contributed by atoms with E-state index >= 15 is 0 Å². The van der Waals surface area contributed by atoms with Crippen LogP contribution in [0.2, 0.25) is 0 Å². The molecule has 2 rings (SSSR count). The predicted octanol–water partition coefficient (Wildman–Crippen LogP) is 1.74. The maximum atomic E-state index is 12.0. The summed E-state index contributed by atoms with van der Waals surface area (Å²) in [5, 5.41) is 12.4. The smallest absolute Gasteiger partial charge is 0.258 e. The first kappa shape index (κ1) is 15.6. The zero-order valence-corrected chi connectivity index (χ0v) is 12.6. The van der Waals surface area contributed by atoms with Crippen LogP contribution in [0.1, 0.15) is 26.2 Å². The molecule has 0 radical (unpaired) electrons. The van der Waals surface area contributed by atoms with Gasteiger partial charge in [-0.2, -0.15) is 0 Å². The van der Waals surface area contributed by atoms with E-state index in [4.69, 9.17) is 9.47 Å². The Balaban J connectivity index is 1.88. The quantitative estimate of drug-likeness (QED) is 0.838. The molecule has 21 heavy (non-hydrogen) atoms. The number of methoxy groups -OCH3 is 1. The molecule has 1 aromatic rings. The van der Waals surface area contributed by atoms with Crippen molar-refractivity contribution in [2.45, 2.75) is 32.2 Å². The molecule has 5 nitrogen and oxygen atoms in total. The third-order valence-corrected chi connectivity index (χ3v) is 4.21. The van der Waals surface area contributed by atoms with E-state index < -0.39 is 0 Å². The van der Waals surface area contributed by atoms with Gasteiger partial charge < -0.3 is 19.9 Å². The average Bonchev–Trinajstić information content (AvgIpc) is 2.87. The highest BCUT2D eigenvalue weighted by Gasteiger charge is 2.39. The summed E-state index contributed by atoms with van der Waals surface area (Å²) in [6.45, 7) is 2.04. The van der Waals surface area contributed by atoms with Crippen molar-refractivity contribution in [1.29, 1.82) is 0 Å². The minimum atomic E-state index is -0.222. The number of rotatable bonds is 6. The third kappa shape index (κ3) is 3.67. The number of carbonyl (C=O) groups excluding carboxylic acids is 1. The highest BCUT2D eigenvalue weighted by atomic mass is 16.5. The number of nitrogens with one attached hydrogen (secondary N) is 1. The maximum Gasteiger partial charge on any atom is 0.258 e. The molecule has 0 saturated heterocycles. The monoisotopic (exact) mass is 293 g/mol. The summed E-state index contributed by atoms with van der Waals surface area (Å²) in [4.78, 5) is 12.0. The van der Waals surface area contributed by atoms with Crippen LogP contribution in [-0.2, 0) is 4.79 Å². The van der Waals surface area contributed by atoms with Crippen molar-refractivity contribution >= 4 is 5.91 Å². The van der Waals surface area contributed by atoms with Gasteiger partial charge in [0.05, 0.1) is 13.7 Å². The Bertz CT molecular complexity index is 491. The summed E-state index contributed by atoms with van der Waals surface area (Å²) in [6.07, 6.45) is 2.86. The van der Waals surface area contributed by atoms with Gasteiger partial charge in [-0.3, -0.25) is 4.79 Å². The van der Waals surface area contributed by atoms with Crippen LogP contribution in [0.5, 0.6) is 11.5 Å². The second-order valence-corrected chi connectivity index (χ2v) is 5.76. The van der Waals surface area contributed by atoms with E-state index in [0.717, 1.165) is 19.3 Å². The zero-order valence-electron chi connectivity index (χ0n) is 12.6. The Labute approximate surface area is 125 Å². The molecule has 1 aliphatic rings. The lowest BCUT2D eigenvalue weighted by Gasteiger charge is -2.30. The topological polar surface area (TPSA) is 67.8 Å². The summed E-state index contributed by atoms with van der Waals surface area (Å²) >= 11 is 0. The van der Waals surface area contributed by atoms with Gasteiger partial charge in [0.15, 0.2) is 18.1 Å². The van der Waals surface area contributed by atoms with Crippen LogP contribution >= 0.6 is 0 Å². The van der Waals surface area contributed by atoms with E-state index in [9.17, 15) is 9.90 Å². The molecule has 0 aliphatic heterocycles. The Hall–Kier alpha value is -1.75. The van der Waals surface area contributed by atoms with Gasteiger partial charge >= 0.3 is 0 Å². The molecule has 1 fully saturated rings. The number of para-hydroxylation sites is 2.